The third-order valence-electron chi connectivity index (χ3n) is 5.34. The van der Waals surface area contributed by atoms with Gasteiger partial charge in [0.05, 0.1) is 16.8 Å². The minimum Gasteiger partial charge on any atom is -0.355 e. The minimum atomic E-state index is -0.668. The highest BCUT2D eigenvalue weighted by atomic mass is 19.1. The number of fused-ring (bicyclic) bond motifs is 1. The van der Waals surface area contributed by atoms with Crippen molar-refractivity contribution in [1.82, 2.24) is 20.1 Å². The molecule has 0 aliphatic carbocycles. The van der Waals surface area contributed by atoms with Gasteiger partial charge in [-0.2, -0.15) is 5.10 Å². The first kappa shape index (κ1) is 21.0. The Hall–Kier alpha value is -4.20. The Labute approximate surface area is 183 Å². The molecule has 0 fully saturated rings. The fourth-order valence-electron chi connectivity index (χ4n) is 3.46. The molecular weight excluding hydrogens is 407 g/mol. The molecule has 7 nitrogen and oxygen atoms in total. The van der Waals surface area contributed by atoms with E-state index in [0.717, 1.165) is 16.5 Å². The first-order chi connectivity index (χ1) is 15.4. The van der Waals surface area contributed by atoms with Gasteiger partial charge in [-0.05, 0) is 48.0 Å². The lowest BCUT2D eigenvalue weighted by atomic mass is 9.98. The molecule has 160 valence electrons. The van der Waals surface area contributed by atoms with Crippen LogP contribution in [0.1, 0.15) is 28.8 Å². The molecule has 1 atom stereocenters. The molecule has 0 saturated heterocycles. The van der Waals surface area contributed by atoms with E-state index in [1.54, 1.807) is 18.3 Å². The zero-order valence-electron chi connectivity index (χ0n) is 17.6. The molecule has 3 N–H and O–H groups in total. The maximum atomic E-state index is 14.4. The van der Waals surface area contributed by atoms with Crippen LogP contribution in [0.25, 0.3) is 22.2 Å². The number of pyridine rings is 1. The number of rotatable bonds is 4. The first-order valence-corrected chi connectivity index (χ1v) is 9.99. The summed E-state index contributed by atoms with van der Waals surface area (Å²) in [5, 5.41) is 24.7. The van der Waals surface area contributed by atoms with Crippen LogP contribution in [-0.2, 0) is 0 Å². The molecule has 8 heteroatoms. The van der Waals surface area contributed by atoms with Gasteiger partial charge in [0.2, 0.25) is 0 Å². The standard InChI is InChI=1S/C24H21FN6O/c1-14(15-6-8-20-16(12-15)4-3-11-29-20)23(27)31-22(26)10-9-21(30-31)17-5-7-18(19(25)13-17)24(32)28-2/h3-14,26-27H,1-2H3,(H,28,32). The molecule has 1 amide bonds. The number of hydrogen-bond donors (Lipinski definition) is 3. The molecule has 32 heavy (non-hydrogen) atoms. The average Bonchev–Trinajstić information content (AvgIpc) is 2.82. The lowest BCUT2D eigenvalue weighted by molar-refractivity contribution is 0.0959. The highest BCUT2D eigenvalue weighted by Crippen LogP contribution is 2.23. The van der Waals surface area contributed by atoms with Crippen LogP contribution in [0.15, 0.2) is 66.9 Å². The Morgan fingerprint density at radius 3 is 2.69 bits per heavy atom. The maximum absolute atomic E-state index is 14.4. The van der Waals surface area contributed by atoms with Gasteiger partial charge in [-0.1, -0.05) is 25.1 Å². The second kappa shape index (κ2) is 8.50. The van der Waals surface area contributed by atoms with Crippen molar-refractivity contribution >= 4 is 22.6 Å². The van der Waals surface area contributed by atoms with E-state index in [4.69, 9.17) is 10.8 Å². The third kappa shape index (κ3) is 3.90. The molecule has 2 heterocycles. The topological polar surface area (TPSA) is 108 Å². The number of aromatic nitrogens is 3. The van der Waals surface area contributed by atoms with E-state index in [9.17, 15) is 9.18 Å². The smallest absolute Gasteiger partial charge is 0.253 e. The highest BCUT2D eigenvalue weighted by Gasteiger charge is 2.17. The quantitative estimate of drug-likeness (QED) is 0.341. The molecule has 0 spiro atoms. The maximum Gasteiger partial charge on any atom is 0.253 e. The Balaban J connectivity index is 1.69. The molecule has 0 saturated carbocycles. The first-order valence-electron chi connectivity index (χ1n) is 9.99. The average molecular weight is 428 g/mol. The van der Waals surface area contributed by atoms with Crippen LogP contribution in [0.3, 0.4) is 0 Å². The van der Waals surface area contributed by atoms with Gasteiger partial charge in [-0.15, -0.1) is 0 Å². The second-order valence-electron chi connectivity index (χ2n) is 7.35. The number of nitrogens with zero attached hydrogens (tertiary/aromatic N) is 3. The lowest BCUT2D eigenvalue weighted by Gasteiger charge is -2.16. The summed E-state index contributed by atoms with van der Waals surface area (Å²) < 4.78 is 15.6. The van der Waals surface area contributed by atoms with E-state index in [1.165, 1.54) is 29.9 Å². The van der Waals surface area contributed by atoms with Crippen molar-refractivity contribution in [2.24, 2.45) is 0 Å². The number of carbonyl (C=O) groups is 1. The molecular formula is C24H21FN6O. The van der Waals surface area contributed by atoms with Gasteiger partial charge in [0.1, 0.15) is 17.1 Å². The fraction of sp³-hybridized carbons (Fsp3) is 0.125. The molecule has 0 radical (unpaired) electrons. The predicted molar refractivity (Wildman–Crippen MR) is 120 cm³/mol. The number of benzene rings is 2. The number of halogens is 1. The Morgan fingerprint density at radius 2 is 1.94 bits per heavy atom. The van der Waals surface area contributed by atoms with Crippen molar-refractivity contribution in [3.8, 4) is 11.3 Å². The normalized spacial score (nSPS) is 11.8. The number of amides is 1. The summed E-state index contributed by atoms with van der Waals surface area (Å²) >= 11 is 0. The predicted octanol–water partition coefficient (Wildman–Crippen LogP) is 3.71. The Bertz CT molecular complexity index is 1410. The van der Waals surface area contributed by atoms with Crippen LogP contribution in [0.2, 0.25) is 0 Å². The zero-order chi connectivity index (χ0) is 22.8. The zero-order valence-corrected chi connectivity index (χ0v) is 17.6. The molecule has 2 aromatic carbocycles. The van der Waals surface area contributed by atoms with Gasteiger partial charge in [0.25, 0.3) is 5.91 Å². The third-order valence-corrected chi connectivity index (χ3v) is 5.34. The summed E-state index contributed by atoms with van der Waals surface area (Å²) in [5.74, 6) is -1.41. The summed E-state index contributed by atoms with van der Waals surface area (Å²) in [6.07, 6.45) is 1.73. The van der Waals surface area contributed by atoms with Crippen LogP contribution in [0, 0.1) is 16.6 Å². The van der Waals surface area contributed by atoms with E-state index in [2.05, 4.69) is 15.4 Å². The van der Waals surface area contributed by atoms with Crippen LogP contribution < -0.4 is 10.8 Å². The lowest BCUT2D eigenvalue weighted by Crippen LogP contribution is -2.32. The van der Waals surface area contributed by atoms with Crippen molar-refractivity contribution < 1.29 is 9.18 Å². The summed E-state index contributed by atoms with van der Waals surface area (Å²) in [7, 11) is 1.44. The van der Waals surface area contributed by atoms with E-state index in [0.29, 0.717) is 11.3 Å². The van der Waals surface area contributed by atoms with Crippen molar-refractivity contribution in [3.05, 3.63) is 89.3 Å². The second-order valence-corrected chi connectivity index (χ2v) is 7.35. The van der Waals surface area contributed by atoms with E-state index in [1.807, 2.05) is 37.3 Å². The molecule has 0 aliphatic rings. The minimum absolute atomic E-state index is 0.0375. The number of carbonyl (C=O) groups excluding carboxylic acids is 1. The van der Waals surface area contributed by atoms with Crippen LogP contribution in [0.5, 0.6) is 0 Å². The van der Waals surface area contributed by atoms with E-state index < -0.39 is 11.7 Å². The van der Waals surface area contributed by atoms with E-state index in [-0.39, 0.29) is 22.8 Å². The van der Waals surface area contributed by atoms with Crippen LogP contribution in [-0.4, -0.2) is 33.6 Å². The van der Waals surface area contributed by atoms with Gasteiger partial charge in [-0.25, -0.2) is 9.07 Å². The van der Waals surface area contributed by atoms with Crippen molar-refractivity contribution in [2.45, 2.75) is 12.8 Å². The van der Waals surface area contributed by atoms with Gasteiger partial charge >= 0.3 is 0 Å². The highest BCUT2D eigenvalue weighted by molar-refractivity contribution is 5.94. The fourth-order valence-corrected chi connectivity index (χ4v) is 3.46. The Morgan fingerprint density at radius 1 is 1.12 bits per heavy atom. The van der Waals surface area contributed by atoms with E-state index >= 15 is 0 Å². The van der Waals surface area contributed by atoms with Gasteiger partial charge in [-0.3, -0.25) is 20.6 Å². The van der Waals surface area contributed by atoms with Gasteiger partial charge < -0.3 is 5.32 Å². The van der Waals surface area contributed by atoms with Crippen LogP contribution in [0.4, 0.5) is 4.39 Å². The largest absolute Gasteiger partial charge is 0.355 e. The summed E-state index contributed by atoms with van der Waals surface area (Å²) in [5.41, 5.74) is 2.58. The molecule has 2 aromatic heterocycles. The van der Waals surface area contributed by atoms with Crippen LogP contribution >= 0.6 is 0 Å². The Kier molecular flexibility index (Phi) is 5.59. The van der Waals surface area contributed by atoms with Crippen molar-refractivity contribution in [1.29, 1.82) is 10.8 Å². The molecule has 0 bridgehead atoms. The van der Waals surface area contributed by atoms with Crippen molar-refractivity contribution in [3.63, 3.8) is 0 Å². The molecule has 4 rings (SSSR count). The van der Waals surface area contributed by atoms with Gasteiger partial charge in [0, 0.05) is 30.1 Å². The van der Waals surface area contributed by atoms with Crippen molar-refractivity contribution in [2.75, 3.05) is 7.05 Å². The summed E-state index contributed by atoms with van der Waals surface area (Å²) in [6, 6.07) is 16.9. The molecule has 4 aromatic rings. The summed E-state index contributed by atoms with van der Waals surface area (Å²) in [6.45, 7) is 1.87. The summed E-state index contributed by atoms with van der Waals surface area (Å²) in [4.78, 5) is 16.1. The number of nitrogens with one attached hydrogen (secondary N) is 3. The molecule has 1 unspecified atom stereocenters. The monoisotopic (exact) mass is 428 g/mol. The van der Waals surface area contributed by atoms with Gasteiger partial charge in [0.15, 0.2) is 0 Å². The molecule has 0 aliphatic heterocycles. The SMILES string of the molecule is CNC(=O)c1ccc(-c2ccc(=N)n(C(=N)C(C)c3ccc4ncccc4c3)n2)cc1F. The number of hydrogen-bond acceptors (Lipinski definition) is 5.